The Morgan fingerprint density at radius 3 is 2.76 bits per heavy atom. The van der Waals surface area contributed by atoms with Crippen molar-refractivity contribution in [2.24, 2.45) is 0 Å². The van der Waals surface area contributed by atoms with Crippen molar-refractivity contribution in [3.63, 3.8) is 0 Å². The fourth-order valence-corrected chi connectivity index (χ4v) is 1.56. The van der Waals surface area contributed by atoms with Crippen LogP contribution in [0.1, 0.15) is 35.4 Å². The topological polar surface area (TPSA) is 64.3 Å². The van der Waals surface area contributed by atoms with Gasteiger partial charge in [-0.1, -0.05) is 11.6 Å². The van der Waals surface area contributed by atoms with Crippen molar-refractivity contribution in [2.45, 2.75) is 24.5 Å². The fraction of sp³-hybridized carbons (Fsp3) is 0.429. The van der Waals surface area contributed by atoms with Gasteiger partial charge in [-0.25, -0.2) is 8.78 Å². The minimum absolute atomic E-state index is 0.588. The normalized spacial score (nSPS) is 36.3. The van der Waals surface area contributed by atoms with Crippen LogP contribution in [0, 0.1) is 17.1 Å². The first-order valence-electron chi connectivity index (χ1n) is 9.88. The zero-order valence-electron chi connectivity index (χ0n) is 19.1. The van der Waals surface area contributed by atoms with Gasteiger partial charge >= 0.3 is 0 Å². The lowest BCUT2D eigenvalue weighted by Gasteiger charge is -2.37. The molecule has 1 aromatic carbocycles. The van der Waals surface area contributed by atoms with Crippen LogP contribution in [0.2, 0.25) is 5.02 Å². The Morgan fingerprint density at radius 1 is 1.62 bits per heavy atom. The number of hydrogen-bond donors (Lipinski definition) is 1. The summed E-state index contributed by atoms with van der Waals surface area (Å²) in [6.07, 6.45) is -13.0. The number of hydrogen-bond acceptors (Lipinski definition) is 3. The van der Waals surface area contributed by atoms with Crippen LogP contribution in [-0.4, -0.2) is 40.7 Å². The van der Waals surface area contributed by atoms with Crippen LogP contribution in [0.5, 0.6) is 0 Å². The molecule has 0 radical (unpaired) electrons. The second-order valence-electron chi connectivity index (χ2n) is 3.86. The number of benzene rings is 1. The number of carbonyl (C=O) groups is 1. The van der Waals surface area contributed by atoms with Crippen LogP contribution in [-0.2, 0) is 0 Å². The molecule has 1 amide bonds. The van der Waals surface area contributed by atoms with Crippen molar-refractivity contribution in [1.82, 2.24) is 4.90 Å². The van der Waals surface area contributed by atoms with Crippen molar-refractivity contribution in [3.05, 3.63) is 34.6 Å². The highest BCUT2D eigenvalue weighted by atomic mass is 35.5. The molecule has 1 aromatic rings. The second kappa shape index (κ2) is 5.96. The summed E-state index contributed by atoms with van der Waals surface area (Å²) >= 11 is 5.54. The molecular weight excluding hydrogens is 302 g/mol. The number of nitrogens with zero attached hydrogens (tertiary/aromatic N) is 2. The van der Waals surface area contributed by atoms with E-state index < -0.39 is 64.7 Å². The molecule has 7 heteroatoms. The Kier molecular flexibility index (Phi) is 2.13. The molecule has 0 saturated carbocycles. The summed E-state index contributed by atoms with van der Waals surface area (Å²) in [5, 5.41) is 18.1. The molecule has 1 aliphatic rings. The van der Waals surface area contributed by atoms with Crippen LogP contribution in [0.3, 0.4) is 0 Å². The third kappa shape index (κ3) is 3.14. The summed E-state index contributed by atoms with van der Waals surface area (Å²) in [5.74, 6) is -2.73. The van der Waals surface area contributed by atoms with Crippen LogP contribution >= 0.6 is 11.6 Å². The minimum atomic E-state index is -4.81. The van der Waals surface area contributed by atoms with Crippen molar-refractivity contribution in [3.8, 4) is 6.07 Å². The average molecular weight is 324 g/mol. The maximum absolute atomic E-state index is 15.8. The highest BCUT2D eigenvalue weighted by Gasteiger charge is 2.42. The number of nitriles is 1. The van der Waals surface area contributed by atoms with Gasteiger partial charge in [0.1, 0.15) is 5.82 Å². The van der Waals surface area contributed by atoms with E-state index in [-0.39, 0.29) is 0 Å². The van der Waals surface area contributed by atoms with E-state index >= 15 is 4.39 Å². The largest absolute Gasteiger partial charge is 0.375 e. The number of halogens is 3. The highest BCUT2D eigenvalue weighted by molar-refractivity contribution is 6.31. The van der Waals surface area contributed by atoms with Crippen LogP contribution in [0.25, 0.3) is 0 Å². The molecule has 1 saturated heterocycles. The molecule has 0 aliphatic carbocycles. The average Bonchev–Trinajstić information content (AvgIpc) is 2.61. The Labute approximate surface area is 138 Å². The molecule has 1 aliphatic heterocycles. The zero-order valence-corrected chi connectivity index (χ0v) is 10.9. The van der Waals surface area contributed by atoms with E-state index in [1.165, 1.54) is 0 Å². The molecule has 4 nitrogen and oxygen atoms in total. The van der Waals surface area contributed by atoms with E-state index in [4.69, 9.17) is 29.2 Å². The number of rotatable bonds is 2. The summed E-state index contributed by atoms with van der Waals surface area (Å²) in [7, 11) is 0. The van der Waals surface area contributed by atoms with E-state index in [0.29, 0.717) is 18.2 Å². The minimum Gasteiger partial charge on any atom is -0.375 e. The maximum Gasteiger partial charge on any atom is 0.253 e. The van der Waals surface area contributed by atoms with E-state index in [9.17, 15) is 14.3 Å². The number of amides is 1. The summed E-state index contributed by atoms with van der Waals surface area (Å²) < 4.78 is 99.6. The number of carbonyl (C=O) groups excluding carboxylic acids is 1. The van der Waals surface area contributed by atoms with Crippen LogP contribution in [0.15, 0.2) is 18.2 Å². The monoisotopic (exact) mass is 323 g/mol. The lowest BCUT2D eigenvalue weighted by Crippen LogP contribution is -2.49. The van der Waals surface area contributed by atoms with Gasteiger partial charge in [0.2, 0.25) is 0 Å². The standard InChI is InChI=1S/C14H13ClF2N2O2/c15-10-7-9(1-2-11(10)16)13(21)19-5-3-14(17,4-6-19)12(20)8-18/h1-2,7,12,20H,3-6H2/i3D2,4D2,5D2,6D2,12D. The van der Waals surface area contributed by atoms with Gasteiger partial charge in [-0.3, -0.25) is 4.79 Å². The first-order valence-corrected chi connectivity index (χ1v) is 5.76. The molecule has 112 valence electrons. The van der Waals surface area contributed by atoms with Crippen LogP contribution < -0.4 is 0 Å². The zero-order chi connectivity index (χ0) is 23.7. The van der Waals surface area contributed by atoms with Crippen molar-refractivity contribution in [1.29, 1.82) is 5.26 Å². The molecule has 0 spiro atoms. The molecule has 1 atom stereocenters. The van der Waals surface area contributed by atoms with Gasteiger partial charge in [0, 0.05) is 42.3 Å². The van der Waals surface area contributed by atoms with Gasteiger partial charge in [0.05, 0.1) is 12.5 Å². The molecule has 1 heterocycles. The summed E-state index contributed by atoms with van der Waals surface area (Å²) in [6, 6.07) is 2.63. The van der Waals surface area contributed by atoms with Crippen molar-refractivity contribution in [2.75, 3.05) is 13.0 Å². The SMILES string of the molecule is [2H]C(O)(C#N)C1(F)C([2H])([2H])C([2H])([2H])N(C(=O)c2ccc(F)c(Cl)c2)C([2H])([2H])C1([2H])[2H]. The van der Waals surface area contributed by atoms with Gasteiger partial charge in [0.15, 0.2) is 11.7 Å². The molecule has 0 aromatic heterocycles. The number of aliphatic hydroxyl groups is 1. The van der Waals surface area contributed by atoms with Gasteiger partial charge in [-0.05, 0) is 18.2 Å². The van der Waals surface area contributed by atoms with Crippen molar-refractivity contribution < 1.29 is 31.0 Å². The first-order chi connectivity index (χ1) is 13.3. The number of likely N-dealkylation sites (tertiary alicyclic amines) is 1. The van der Waals surface area contributed by atoms with Crippen LogP contribution in [0.4, 0.5) is 8.78 Å². The molecule has 2 rings (SSSR count). The summed E-state index contributed by atoms with van der Waals surface area (Å²) in [5.41, 5.74) is -5.50. The second-order valence-corrected chi connectivity index (χ2v) is 4.27. The Bertz CT molecular complexity index is 924. The molecular formula is C14H13ClF2N2O2. The van der Waals surface area contributed by atoms with E-state index in [1.54, 1.807) is 0 Å². The van der Waals surface area contributed by atoms with Gasteiger partial charge in [0.25, 0.3) is 5.91 Å². The van der Waals surface area contributed by atoms with Gasteiger partial charge in [-0.15, -0.1) is 0 Å². The number of piperidine rings is 1. The Morgan fingerprint density at radius 2 is 2.24 bits per heavy atom. The summed E-state index contributed by atoms with van der Waals surface area (Å²) in [4.78, 5) is 12.2. The quantitative estimate of drug-likeness (QED) is 0.849. The third-order valence-electron chi connectivity index (χ3n) is 2.48. The molecule has 1 unspecified atom stereocenters. The van der Waals surface area contributed by atoms with Crippen molar-refractivity contribution >= 4 is 17.5 Å². The lowest BCUT2D eigenvalue weighted by atomic mass is 9.88. The predicted molar refractivity (Wildman–Crippen MR) is 72.0 cm³/mol. The maximum atomic E-state index is 15.8. The Hall–Kier alpha value is -1.71. The molecule has 0 bridgehead atoms. The Balaban J connectivity index is 2.85. The highest BCUT2D eigenvalue weighted by Crippen LogP contribution is 2.30. The predicted octanol–water partition coefficient (Wildman–Crippen LogP) is 2.31. The molecule has 1 N–H and O–H groups in total. The van der Waals surface area contributed by atoms with Gasteiger partial charge in [-0.2, -0.15) is 5.26 Å². The third-order valence-corrected chi connectivity index (χ3v) is 2.77. The molecule has 21 heavy (non-hydrogen) atoms. The van der Waals surface area contributed by atoms with E-state index in [2.05, 4.69) is 0 Å². The smallest absolute Gasteiger partial charge is 0.253 e. The lowest BCUT2D eigenvalue weighted by molar-refractivity contribution is -0.0201. The van der Waals surface area contributed by atoms with Gasteiger partial charge < -0.3 is 10.0 Å². The van der Waals surface area contributed by atoms with E-state index in [1.807, 2.05) is 0 Å². The first kappa shape index (κ1) is 7.52. The van der Waals surface area contributed by atoms with E-state index in [0.717, 1.165) is 6.07 Å². The number of alkyl halides is 1. The fourth-order valence-electron chi connectivity index (χ4n) is 1.38. The summed E-state index contributed by atoms with van der Waals surface area (Å²) in [6.45, 7) is -8.11. The molecule has 1 fully saturated rings.